The summed E-state index contributed by atoms with van der Waals surface area (Å²) < 4.78 is 4.90. The topological polar surface area (TPSA) is 49.8 Å². The zero-order valence-electron chi connectivity index (χ0n) is 11.5. The van der Waals surface area contributed by atoms with Gasteiger partial charge in [0.1, 0.15) is 5.54 Å². The largest absolute Gasteiger partial charge is 0.468 e. The molecule has 0 radical (unpaired) electrons. The van der Waals surface area contributed by atoms with Crippen LogP contribution >= 0.6 is 0 Å². The molecular weight excluding hydrogens is 242 g/mol. The van der Waals surface area contributed by atoms with Crippen LogP contribution in [0.3, 0.4) is 0 Å². The highest BCUT2D eigenvalue weighted by molar-refractivity contribution is 5.81. The number of aliphatic hydroxyl groups is 1. The molecule has 1 saturated heterocycles. The van der Waals surface area contributed by atoms with E-state index in [2.05, 4.69) is 11.8 Å². The van der Waals surface area contributed by atoms with E-state index in [0.717, 1.165) is 18.5 Å². The lowest BCUT2D eigenvalue weighted by Gasteiger charge is -2.38. The molecule has 1 aliphatic rings. The van der Waals surface area contributed by atoms with Crippen LogP contribution in [0.5, 0.6) is 0 Å². The van der Waals surface area contributed by atoms with Crippen molar-refractivity contribution in [1.82, 2.24) is 4.90 Å². The zero-order valence-corrected chi connectivity index (χ0v) is 11.5. The quantitative estimate of drug-likeness (QED) is 0.841. The summed E-state index contributed by atoms with van der Waals surface area (Å²) >= 11 is 0. The van der Waals surface area contributed by atoms with E-state index in [4.69, 9.17) is 4.74 Å². The Morgan fingerprint density at radius 1 is 1.47 bits per heavy atom. The molecule has 104 valence electrons. The van der Waals surface area contributed by atoms with Gasteiger partial charge in [-0.15, -0.1) is 0 Å². The second-order valence-electron chi connectivity index (χ2n) is 5.06. The highest BCUT2D eigenvalue weighted by Crippen LogP contribution is 2.37. The standard InChI is InChI=1S/C15H21NO3/c1-12(13-7-4-3-5-8-13)16-10-6-9-15(16,11-17)14(18)19-2/h3-5,7-8,12,17H,6,9-11H2,1-2H3/t12-,15?/m0/s1. The maximum atomic E-state index is 12.1. The first-order valence-corrected chi connectivity index (χ1v) is 6.66. The van der Waals surface area contributed by atoms with Crippen LogP contribution in [0, 0.1) is 0 Å². The van der Waals surface area contributed by atoms with Crippen LogP contribution in [0.15, 0.2) is 30.3 Å². The number of nitrogens with zero attached hydrogens (tertiary/aromatic N) is 1. The number of carbonyl (C=O) groups is 1. The summed E-state index contributed by atoms with van der Waals surface area (Å²) in [5, 5.41) is 9.74. The number of ether oxygens (including phenoxy) is 1. The summed E-state index contributed by atoms with van der Waals surface area (Å²) in [6.07, 6.45) is 1.54. The van der Waals surface area contributed by atoms with Gasteiger partial charge in [-0.3, -0.25) is 4.90 Å². The molecule has 4 nitrogen and oxygen atoms in total. The molecule has 4 heteroatoms. The summed E-state index contributed by atoms with van der Waals surface area (Å²) in [6, 6.07) is 10.1. The van der Waals surface area contributed by atoms with Gasteiger partial charge in [0, 0.05) is 12.6 Å². The Bertz CT molecular complexity index is 434. The van der Waals surface area contributed by atoms with Gasteiger partial charge in [-0.05, 0) is 25.3 Å². The van der Waals surface area contributed by atoms with Crippen molar-refractivity contribution >= 4 is 5.97 Å². The molecule has 1 N–H and O–H groups in total. The Morgan fingerprint density at radius 3 is 2.74 bits per heavy atom. The molecule has 0 amide bonds. The summed E-state index contributed by atoms with van der Waals surface area (Å²) in [5.74, 6) is -0.338. The van der Waals surface area contributed by atoms with Crippen molar-refractivity contribution in [2.45, 2.75) is 31.3 Å². The van der Waals surface area contributed by atoms with Crippen LogP contribution in [0.4, 0.5) is 0 Å². The SMILES string of the molecule is COC(=O)C1(CO)CCCN1[C@@H](C)c1ccccc1. The molecule has 2 rings (SSSR count). The first-order valence-electron chi connectivity index (χ1n) is 6.66. The molecular formula is C15H21NO3. The third-order valence-electron chi connectivity index (χ3n) is 4.12. The van der Waals surface area contributed by atoms with Gasteiger partial charge in [-0.1, -0.05) is 30.3 Å². The van der Waals surface area contributed by atoms with E-state index in [-0.39, 0.29) is 18.6 Å². The molecule has 1 heterocycles. The second-order valence-corrected chi connectivity index (χ2v) is 5.06. The molecule has 1 unspecified atom stereocenters. The average Bonchev–Trinajstić information content (AvgIpc) is 2.91. The fourth-order valence-corrected chi connectivity index (χ4v) is 3.02. The Morgan fingerprint density at radius 2 is 2.16 bits per heavy atom. The fourth-order valence-electron chi connectivity index (χ4n) is 3.02. The van der Waals surface area contributed by atoms with Gasteiger partial charge >= 0.3 is 5.97 Å². The number of aliphatic hydroxyl groups excluding tert-OH is 1. The molecule has 0 bridgehead atoms. The smallest absolute Gasteiger partial charge is 0.328 e. The average molecular weight is 263 g/mol. The number of likely N-dealkylation sites (tertiary alicyclic amines) is 1. The minimum atomic E-state index is -0.885. The number of rotatable bonds is 4. The molecule has 1 fully saturated rings. The predicted octanol–water partition coefficient (Wildman–Crippen LogP) is 1.75. The van der Waals surface area contributed by atoms with Crippen molar-refractivity contribution in [3.05, 3.63) is 35.9 Å². The maximum absolute atomic E-state index is 12.1. The summed E-state index contributed by atoms with van der Waals surface area (Å²) in [5.41, 5.74) is 0.260. The molecule has 1 aliphatic heterocycles. The van der Waals surface area contributed by atoms with E-state index < -0.39 is 5.54 Å². The van der Waals surface area contributed by atoms with Gasteiger partial charge in [0.2, 0.25) is 0 Å². The van der Waals surface area contributed by atoms with E-state index >= 15 is 0 Å². The minimum Gasteiger partial charge on any atom is -0.468 e. The van der Waals surface area contributed by atoms with Crippen LogP contribution in [-0.4, -0.2) is 41.8 Å². The molecule has 19 heavy (non-hydrogen) atoms. The lowest BCUT2D eigenvalue weighted by Crippen LogP contribution is -2.54. The highest BCUT2D eigenvalue weighted by atomic mass is 16.5. The van der Waals surface area contributed by atoms with Crippen molar-refractivity contribution in [3.63, 3.8) is 0 Å². The minimum absolute atomic E-state index is 0.0787. The normalized spacial score (nSPS) is 25.2. The number of hydrogen-bond acceptors (Lipinski definition) is 4. The summed E-state index contributed by atoms with van der Waals surface area (Å²) in [7, 11) is 1.38. The Labute approximate surface area is 114 Å². The number of carbonyl (C=O) groups excluding carboxylic acids is 1. The van der Waals surface area contributed by atoms with Crippen molar-refractivity contribution in [1.29, 1.82) is 0 Å². The van der Waals surface area contributed by atoms with Crippen LogP contribution in [0.1, 0.15) is 31.4 Å². The van der Waals surface area contributed by atoms with E-state index in [0.29, 0.717) is 6.42 Å². The van der Waals surface area contributed by atoms with Crippen molar-refractivity contribution in [2.24, 2.45) is 0 Å². The van der Waals surface area contributed by atoms with E-state index in [1.807, 2.05) is 30.3 Å². The summed E-state index contributed by atoms with van der Waals surface area (Å²) in [4.78, 5) is 14.2. The van der Waals surface area contributed by atoms with Gasteiger partial charge in [0.05, 0.1) is 13.7 Å². The van der Waals surface area contributed by atoms with Gasteiger partial charge in [0.25, 0.3) is 0 Å². The number of methoxy groups -OCH3 is 1. The molecule has 1 aromatic rings. The molecule has 0 spiro atoms. The van der Waals surface area contributed by atoms with Gasteiger partial charge < -0.3 is 9.84 Å². The zero-order chi connectivity index (χ0) is 13.9. The molecule has 0 aliphatic carbocycles. The number of benzene rings is 1. The number of hydrogen-bond donors (Lipinski definition) is 1. The third-order valence-corrected chi connectivity index (χ3v) is 4.12. The Kier molecular flexibility index (Phi) is 4.22. The number of esters is 1. The predicted molar refractivity (Wildman–Crippen MR) is 72.6 cm³/mol. The third kappa shape index (κ3) is 2.38. The molecule has 0 saturated carbocycles. The van der Waals surface area contributed by atoms with E-state index in [9.17, 15) is 9.90 Å². The fraction of sp³-hybridized carbons (Fsp3) is 0.533. The van der Waals surface area contributed by atoms with Crippen molar-refractivity contribution < 1.29 is 14.6 Å². The summed E-state index contributed by atoms with van der Waals surface area (Å²) in [6.45, 7) is 2.66. The monoisotopic (exact) mass is 263 g/mol. The van der Waals surface area contributed by atoms with E-state index in [1.165, 1.54) is 7.11 Å². The molecule has 2 atom stereocenters. The highest BCUT2D eigenvalue weighted by Gasteiger charge is 2.49. The first-order chi connectivity index (χ1) is 9.15. The maximum Gasteiger partial charge on any atom is 0.328 e. The van der Waals surface area contributed by atoms with Crippen molar-refractivity contribution in [3.8, 4) is 0 Å². The lowest BCUT2D eigenvalue weighted by atomic mass is 9.94. The second kappa shape index (κ2) is 5.72. The first kappa shape index (κ1) is 14.0. The van der Waals surface area contributed by atoms with Crippen LogP contribution < -0.4 is 0 Å². The Balaban J connectivity index is 2.30. The van der Waals surface area contributed by atoms with Gasteiger partial charge in [-0.25, -0.2) is 4.79 Å². The van der Waals surface area contributed by atoms with Crippen LogP contribution in [0.25, 0.3) is 0 Å². The van der Waals surface area contributed by atoms with E-state index in [1.54, 1.807) is 0 Å². The lowest BCUT2D eigenvalue weighted by molar-refractivity contribution is -0.157. The van der Waals surface area contributed by atoms with Gasteiger partial charge in [-0.2, -0.15) is 0 Å². The Hall–Kier alpha value is -1.39. The van der Waals surface area contributed by atoms with Crippen LogP contribution in [0.2, 0.25) is 0 Å². The molecule has 0 aromatic heterocycles. The van der Waals surface area contributed by atoms with Gasteiger partial charge in [0.15, 0.2) is 0 Å². The van der Waals surface area contributed by atoms with Crippen LogP contribution in [-0.2, 0) is 9.53 Å². The van der Waals surface area contributed by atoms with Crippen molar-refractivity contribution in [2.75, 3.05) is 20.3 Å². The molecule has 1 aromatic carbocycles.